The van der Waals surface area contributed by atoms with Gasteiger partial charge in [-0.3, -0.25) is 9.59 Å². The number of aliphatic hydroxyl groups excluding tert-OH is 2. The number of aromatic amines is 1. The van der Waals surface area contributed by atoms with Gasteiger partial charge >= 0.3 is 0 Å². The van der Waals surface area contributed by atoms with Crippen molar-refractivity contribution < 1.29 is 24.2 Å². The number of halogens is 1. The number of nitrogens with zero attached hydrogens (tertiary/aromatic N) is 1. The van der Waals surface area contributed by atoms with Gasteiger partial charge in [-0.25, -0.2) is 4.39 Å². The van der Waals surface area contributed by atoms with Crippen molar-refractivity contribution in [1.82, 2.24) is 20.5 Å². The number of benzene rings is 1. The lowest BCUT2D eigenvalue weighted by Crippen LogP contribution is -2.58. The van der Waals surface area contributed by atoms with E-state index < -0.39 is 30.7 Å². The molecule has 9 heteroatoms. The zero-order valence-electron chi connectivity index (χ0n) is 18.1. The predicted octanol–water partition coefficient (Wildman–Crippen LogP) is 0.532. The first-order valence-electron chi connectivity index (χ1n) is 10.6. The summed E-state index contributed by atoms with van der Waals surface area (Å²) in [6.07, 6.45) is 2.13. The fourth-order valence-electron chi connectivity index (χ4n) is 4.27. The van der Waals surface area contributed by atoms with Gasteiger partial charge in [0.15, 0.2) is 0 Å². The van der Waals surface area contributed by atoms with Crippen molar-refractivity contribution in [3.63, 3.8) is 0 Å². The van der Waals surface area contributed by atoms with Crippen LogP contribution in [0.5, 0.6) is 0 Å². The maximum absolute atomic E-state index is 13.5. The number of hydrogen-bond acceptors (Lipinski definition) is 5. The largest absolute Gasteiger partial charge is 0.394 e. The highest BCUT2D eigenvalue weighted by Gasteiger charge is 2.40. The number of fused-ring (bicyclic) bond motifs is 1. The molecule has 2 heterocycles. The number of amides is 2. The summed E-state index contributed by atoms with van der Waals surface area (Å²) in [5.74, 6) is -0.990. The van der Waals surface area contributed by atoms with E-state index in [1.54, 1.807) is 11.0 Å². The minimum atomic E-state index is -1.11. The van der Waals surface area contributed by atoms with Crippen LogP contribution in [-0.4, -0.2) is 76.3 Å². The molecule has 170 valence electrons. The van der Waals surface area contributed by atoms with Crippen LogP contribution in [0.2, 0.25) is 0 Å². The summed E-state index contributed by atoms with van der Waals surface area (Å²) in [7, 11) is 1.53. The molecule has 0 spiro atoms. The van der Waals surface area contributed by atoms with Crippen molar-refractivity contribution in [3.05, 3.63) is 35.8 Å². The minimum absolute atomic E-state index is 0.118. The van der Waals surface area contributed by atoms with Crippen LogP contribution in [0.1, 0.15) is 25.8 Å². The van der Waals surface area contributed by atoms with Gasteiger partial charge in [-0.15, -0.1) is 0 Å². The van der Waals surface area contributed by atoms with Gasteiger partial charge in [-0.2, -0.15) is 0 Å². The number of likely N-dealkylation sites (N-methyl/N-ethyl adjacent to an activating group) is 1. The van der Waals surface area contributed by atoms with Crippen LogP contribution in [0.15, 0.2) is 24.4 Å². The Balaban J connectivity index is 1.80. The normalized spacial score (nSPS) is 21.8. The van der Waals surface area contributed by atoms with Crippen LogP contribution >= 0.6 is 0 Å². The van der Waals surface area contributed by atoms with Crippen molar-refractivity contribution in [2.75, 3.05) is 20.2 Å². The zero-order chi connectivity index (χ0) is 22.7. The van der Waals surface area contributed by atoms with E-state index in [-0.39, 0.29) is 23.7 Å². The Hall–Kier alpha value is -2.49. The molecular formula is C22H31FN4O4. The van der Waals surface area contributed by atoms with Gasteiger partial charge in [0.2, 0.25) is 11.8 Å². The van der Waals surface area contributed by atoms with Crippen LogP contribution in [0.4, 0.5) is 4.39 Å². The lowest BCUT2D eigenvalue weighted by atomic mass is 9.95. The van der Waals surface area contributed by atoms with Gasteiger partial charge < -0.3 is 30.7 Å². The lowest BCUT2D eigenvalue weighted by Gasteiger charge is -2.32. The number of likely N-dealkylation sites (tertiary alicyclic amines) is 1. The average molecular weight is 435 g/mol. The molecule has 2 aromatic rings. The van der Waals surface area contributed by atoms with Gasteiger partial charge in [0, 0.05) is 29.7 Å². The van der Waals surface area contributed by atoms with Crippen molar-refractivity contribution in [1.29, 1.82) is 0 Å². The molecule has 5 N–H and O–H groups in total. The second-order valence-electron chi connectivity index (χ2n) is 8.32. The van der Waals surface area contributed by atoms with Gasteiger partial charge in [0.05, 0.1) is 12.7 Å². The second-order valence-corrected chi connectivity index (χ2v) is 8.32. The molecule has 1 saturated heterocycles. The van der Waals surface area contributed by atoms with Crippen molar-refractivity contribution in [3.8, 4) is 0 Å². The molecule has 1 fully saturated rings. The van der Waals surface area contributed by atoms with E-state index in [1.165, 1.54) is 26.1 Å². The van der Waals surface area contributed by atoms with Crippen LogP contribution in [0, 0.1) is 11.7 Å². The van der Waals surface area contributed by atoms with Crippen LogP contribution in [-0.2, 0) is 16.0 Å². The fraction of sp³-hybridized carbons (Fsp3) is 0.545. The molecule has 31 heavy (non-hydrogen) atoms. The van der Waals surface area contributed by atoms with Gasteiger partial charge in [0.1, 0.15) is 17.9 Å². The topological polar surface area (TPSA) is 118 Å². The first kappa shape index (κ1) is 23.2. The molecule has 2 unspecified atom stereocenters. The van der Waals surface area contributed by atoms with Crippen LogP contribution in [0.25, 0.3) is 10.9 Å². The Morgan fingerprint density at radius 2 is 2.13 bits per heavy atom. The van der Waals surface area contributed by atoms with E-state index in [0.717, 1.165) is 17.4 Å². The monoisotopic (exact) mass is 434 g/mol. The van der Waals surface area contributed by atoms with Crippen LogP contribution in [0.3, 0.4) is 0 Å². The van der Waals surface area contributed by atoms with E-state index in [4.69, 9.17) is 0 Å². The number of rotatable bonds is 8. The minimum Gasteiger partial charge on any atom is -0.394 e. The molecule has 0 radical (unpaired) electrons. The summed E-state index contributed by atoms with van der Waals surface area (Å²) in [5, 5.41) is 25.7. The molecule has 3 rings (SSSR count). The highest BCUT2D eigenvalue weighted by atomic mass is 19.1. The Kier molecular flexibility index (Phi) is 7.30. The third-order valence-corrected chi connectivity index (χ3v) is 6.22. The zero-order valence-corrected chi connectivity index (χ0v) is 18.1. The standard InChI is InChI=1S/C22H31FN4O4/c1-12-6-7-27(22(31)20(13(2)29)26-21(30)18(11-28)24-3)19(12)8-14-10-25-17-9-15(23)4-5-16(14)17/h4-5,9-10,12-13,18-20,24-25,28-29H,6-8,11H2,1-3H3,(H,26,30)/t12?,13?,18-,19-,20-/m0/s1. The molecule has 0 bridgehead atoms. The summed E-state index contributed by atoms with van der Waals surface area (Å²) in [5.41, 5.74) is 1.69. The number of carbonyl (C=O) groups excluding carboxylic acids is 2. The fourth-order valence-corrected chi connectivity index (χ4v) is 4.27. The van der Waals surface area contributed by atoms with E-state index in [0.29, 0.717) is 18.5 Å². The Morgan fingerprint density at radius 3 is 2.77 bits per heavy atom. The van der Waals surface area contributed by atoms with Crippen molar-refractivity contribution in [2.24, 2.45) is 5.92 Å². The highest BCUT2D eigenvalue weighted by Crippen LogP contribution is 2.30. The first-order valence-corrected chi connectivity index (χ1v) is 10.6. The summed E-state index contributed by atoms with van der Waals surface area (Å²) >= 11 is 0. The first-order chi connectivity index (χ1) is 14.8. The lowest BCUT2D eigenvalue weighted by molar-refractivity contribution is -0.141. The molecule has 8 nitrogen and oxygen atoms in total. The van der Waals surface area contributed by atoms with E-state index in [2.05, 4.69) is 22.5 Å². The molecule has 1 aliphatic rings. The highest BCUT2D eigenvalue weighted by molar-refractivity contribution is 5.90. The van der Waals surface area contributed by atoms with Gasteiger partial charge in [-0.05, 0) is 56.5 Å². The number of aliphatic hydroxyl groups is 2. The average Bonchev–Trinajstić information content (AvgIpc) is 3.30. The van der Waals surface area contributed by atoms with Crippen LogP contribution < -0.4 is 10.6 Å². The second kappa shape index (κ2) is 9.76. The number of nitrogens with one attached hydrogen (secondary N) is 3. The molecule has 2 amide bonds. The number of carbonyl (C=O) groups is 2. The maximum atomic E-state index is 13.5. The van der Waals surface area contributed by atoms with Gasteiger partial charge in [0.25, 0.3) is 0 Å². The summed E-state index contributed by atoms with van der Waals surface area (Å²) in [6, 6.07) is 2.49. The summed E-state index contributed by atoms with van der Waals surface area (Å²) in [4.78, 5) is 30.5. The molecule has 1 aromatic carbocycles. The third kappa shape index (κ3) is 4.89. The summed E-state index contributed by atoms with van der Waals surface area (Å²) in [6.45, 7) is 3.63. The molecular weight excluding hydrogens is 403 g/mol. The van der Waals surface area contributed by atoms with Gasteiger partial charge in [-0.1, -0.05) is 6.92 Å². The van der Waals surface area contributed by atoms with E-state index in [1.807, 2.05) is 6.20 Å². The Labute approximate surface area is 180 Å². The number of H-pyrrole nitrogens is 1. The molecule has 1 aromatic heterocycles. The number of hydrogen-bond donors (Lipinski definition) is 5. The van der Waals surface area contributed by atoms with Crippen molar-refractivity contribution >= 4 is 22.7 Å². The molecule has 0 saturated carbocycles. The smallest absolute Gasteiger partial charge is 0.248 e. The Bertz CT molecular complexity index is 927. The third-order valence-electron chi connectivity index (χ3n) is 6.22. The predicted molar refractivity (Wildman–Crippen MR) is 115 cm³/mol. The van der Waals surface area contributed by atoms with Crippen molar-refractivity contribution in [2.45, 2.75) is 50.9 Å². The molecule has 1 aliphatic heterocycles. The molecule has 0 aliphatic carbocycles. The Morgan fingerprint density at radius 1 is 1.39 bits per heavy atom. The van der Waals surface area contributed by atoms with E-state index in [9.17, 15) is 24.2 Å². The number of aromatic nitrogens is 1. The maximum Gasteiger partial charge on any atom is 0.248 e. The molecule has 5 atom stereocenters. The summed E-state index contributed by atoms with van der Waals surface area (Å²) < 4.78 is 13.5. The van der Waals surface area contributed by atoms with E-state index >= 15 is 0 Å². The SMILES string of the molecule is CN[C@@H](CO)C(=O)N[C@H](C(=O)N1CCC(C)[C@@H]1Cc1c[nH]c2cc(F)ccc12)C(C)O. The quantitative estimate of drug-likeness (QED) is 0.416.